The molecule has 0 aliphatic carbocycles. The van der Waals surface area contributed by atoms with Crippen molar-refractivity contribution in [1.29, 1.82) is 0 Å². The first-order valence-electron chi connectivity index (χ1n) is 6.61. The topological polar surface area (TPSA) is 12.0 Å². The van der Waals surface area contributed by atoms with Gasteiger partial charge in [0.05, 0.1) is 0 Å². The van der Waals surface area contributed by atoms with E-state index < -0.39 is 0 Å². The van der Waals surface area contributed by atoms with Crippen LogP contribution in [0.2, 0.25) is 0 Å². The predicted molar refractivity (Wildman–Crippen MR) is 77.2 cm³/mol. The summed E-state index contributed by atoms with van der Waals surface area (Å²) in [4.78, 5) is 0. The number of benzene rings is 1. The van der Waals surface area contributed by atoms with Gasteiger partial charge in [-0.05, 0) is 31.4 Å². The van der Waals surface area contributed by atoms with Crippen LogP contribution in [-0.4, -0.2) is 13.1 Å². The number of rotatable bonds is 6. The smallest absolute Gasteiger partial charge is 0.0170 e. The van der Waals surface area contributed by atoms with Crippen LogP contribution < -0.4 is 5.32 Å². The molecule has 0 atom stereocenters. The third-order valence-electron chi connectivity index (χ3n) is 2.93. The number of hydrogen-bond acceptors (Lipinski definition) is 1. The first kappa shape index (κ1) is 14.0. The van der Waals surface area contributed by atoms with Crippen LogP contribution >= 0.6 is 0 Å². The lowest BCUT2D eigenvalue weighted by atomic mass is 10.00. The molecule has 1 N–H and O–H groups in total. The molecule has 1 rings (SSSR count). The molecular weight excluding hydrogens is 206 g/mol. The van der Waals surface area contributed by atoms with Gasteiger partial charge in [-0.1, -0.05) is 62.2 Å². The van der Waals surface area contributed by atoms with E-state index in [1.807, 2.05) is 0 Å². The van der Waals surface area contributed by atoms with Crippen LogP contribution in [0, 0.1) is 12.8 Å². The maximum absolute atomic E-state index is 3.48. The molecule has 0 fully saturated rings. The van der Waals surface area contributed by atoms with Gasteiger partial charge in [-0.3, -0.25) is 0 Å². The van der Waals surface area contributed by atoms with Gasteiger partial charge in [0.25, 0.3) is 0 Å². The van der Waals surface area contributed by atoms with Crippen molar-refractivity contribution in [3.8, 4) is 0 Å². The van der Waals surface area contributed by atoms with Gasteiger partial charge in [0.2, 0.25) is 0 Å². The third kappa shape index (κ3) is 5.18. The molecule has 1 aromatic rings. The lowest BCUT2D eigenvalue weighted by molar-refractivity contribution is 0.657. The van der Waals surface area contributed by atoms with Crippen molar-refractivity contribution in [1.82, 2.24) is 5.32 Å². The van der Waals surface area contributed by atoms with Gasteiger partial charge in [-0.25, -0.2) is 0 Å². The molecule has 0 spiro atoms. The SMILES string of the molecule is CCCNCC(=Cc1ccc(C)cc1)C(C)C. The Labute approximate surface area is 106 Å². The van der Waals surface area contributed by atoms with Crippen molar-refractivity contribution in [3.05, 3.63) is 41.0 Å². The molecule has 0 aliphatic heterocycles. The van der Waals surface area contributed by atoms with Crippen LogP contribution in [0.3, 0.4) is 0 Å². The fourth-order valence-electron chi connectivity index (χ4n) is 1.71. The van der Waals surface area contributed by atoms with E-state index in [4.69, 9.17) is 0 Å². The maximum atomic E-state index is 3.48. The van der Waals surface area contributed by atoms with Gasteiger partial charge in [-0.2, -0.15) is 0 Å². The lowest BCUT2D eigenvalue weighted by Crippen LogP contribution is -2.19. The van der Waals surface area contributed by atoms with E-state index >= 15 is 0 Å². The Balaban J connectivity index is 2.71. The van der Waals surface area contributed by atoms with Crippen molar-refractivity contribution in [2.24, 2.45) is 5.92 Å². The van der Waals surface area contributed by atoms with Crippen molar-refractivity contribution in [2.75, 3.05) is 13.1 Å². The zero-order valence-corrected chi connectivity index (χ0v) is 11.6. The van der Waals surface area contributed by atoms with E-state index in [1.165, 1.54) is 23.1 Å². The summed E-state index contributed by atoms with van der Waals surface area (Å²) >= 11 is 0. The molecule has 0 aromatic heterocycles. The summed E-state index contributed by atoms with van der Waals surface area (Å²) in [6, 6.07) is 8.72. The number of hydrogen-bond donors (Lipinski definition) is 1. The van der Waals surface area contributed by atoms with Gasteiger partial charge in [0, 0.05) is 6.54 Å². The minimum atomic E-state index is 0.598. The normalized spacial score (nSPS) is 12.2. The highest BCUT2D eigenvalue weighted by Crippen LogP contribution is 2.14. The Kier molecular flexibility index (Phi) is 5.99. The molecule has 0 saturated heterocycles. The third-order valence-corrected chi connectivity index (χ3v) is 2.93. The van der Waals surface area contributed by atoms with Gasteiger partial charge in [-0.15, -0.1) is 0 Å². The number of nitrogens with one attached hydrogen (secondary N) is 1. The molecule has 1 aromatic carbocycles. The van der Waals surface area contributed by atoms with Crippen LogP contribution in [-0.2, 0) is 0 Å². The van der Waals surface area contributed by atoms with Gasteiger partial charge in [0.1, 0.15) is 0 Å². The second-order valence-electron chi connectivity index (χ2n) is 4.96. The highest BCUT2D eigenvalue weighted by Gasteiger charge is 2.02. The molecule has 1 nitrogen and oxygen atoms in total. The Bertz CT molecular complexity index is 346. The molecule has 0 aliphatic rings. The van der Waals surface area contributed by atoms with Gasteiger partial charge in [0.15, 0.2) is 0 Å². The first-order chi connectivity index (χ1) is 8.13. The van der Waals surface area contributed by atoms with E-state index in [-0.39, 0.29) is 0 Å². The molecule has 0 radical (unpaired) electrons. The van der Waals surface area contributed by atoms with Crippen molar-refractivity contribution in [3.63, 3.8) is 0 Å². The Morgan fingerprint density at radius 2 is 1.88 bits per heavy atom. The van der Waals surface area contributed by atoms with E-state index in [1.54, 1.807) is 0 Å². The van der Waals surface area contributed by atoms with Crippen LogP contribution in [0.4, 0.5) is 0 Å². The fraction of sp³-hybridized carbons (Fsp3) is 0.500. The van der Waals surface area contributed by atoms with Gasteiger partial charge < -0.3 is 5.32 Å². The standard InChI is InChI=1S/C16H25N/c1-5-10-17-12-16(13(2)3)11-15-8-6-14(4)7-9-15/h6-9,11,13,17H,5,10,12H2,1-4H3. The minimum absolute atomic E-state index is 0.598. The average molecular weight is 231 g/mol. The van der Waals surface area contributed by atoms with Crippen molar-refractivity contribution in [2.45, 2.75) is 34.1 Å². The summed E-state index contributed by atoms with van der Waals surface area (Å²) in [7, 11) is 0. The maximum Gasteiger partial charge on any atom is 0.0170 e. The summed E-state index contributed by atoms with van der Waals surface area (Å²) in [5, 5.41) is 3.48. The average Bonchev–Trinajstić information content (AvgIpc) is 2.30. The Hall–Kier alpha value is -1.08. The lowest BCUT2D eigenvalue weighted by Gasteiger charge is -2.12. The summed E-state index contributed by atoms with van der Waals surface area (Å²) in [6.07, 6.45) is 3.50. The van der Waals surface area contributed by atoms with Crippen molar-refractivity contribution < 1.29 is 0 Å². The van der Waals surface area contributed by atoms with Crippen LogP contribution in [0.25, 0.3) is 6.08 Å². The molecule has 0 unspecified atom stereocenters. The minimum Gasteiger partial charge on any atom is -0.313 e. The molecule has 0 heterocycles. The zero-order valence-electron chi connectivity index (χ0n) is 11.6. The van der Waals surface area contributed by atoms with Crippen LogP contribution in [0.1, 0.15) is 38.3 Å². The Morgan fingerprint density at radius 1 is 1.24 bits per heavy atom. The summed E-state index contributed by atoms with van der Waals surface area (Å²) in [5.41, 5.74) is 4.09. The molecule has 94 valence electrons. The molecule has 17 heavy (non-hydrogen) atoms. The summed E-state index contributed by atoms with van der Waals surface area (Å²) < 4.78 is 0. The first-order valence-corrected chi connectivity index (χ1v) is 6.61. The molecule has 0 saturated carbocycles. The number of aryl methyl sites for hydroxylation is 1. The van der Waals surface area contributed by atoms with Crippen LogP contribution in [0.15, 0.2) is 29.8 Å². The molecule has 0 bridgehead atoms. The molecule has 1 heteroatoms. The summed E-state index contributed by atoms with van der Waals surface area (Å²) in [5.74, 6) is 0.598. The summed E-state index contributed by atoms with van der Waals surface area (Å²) in [6.45, 7) is 10.9. The predicted octanol–water partition coefficient (Wildman–Crippen LogP) is 4.03. The quantitative estimate of drug-likeness (QED) is 0.729. The molecular formula is C16H25N. The van der Waals surface area contributed by atoms with E-state index in [0.29, 0.717) is 5.92 Å². The van der Waals surface area contributed by atoms with E-state index in [2.05, 4.69) is 63.4 Å². The van der Waals surface area contributed by atoms with Crippen LogP contribution in [0.5, 0.6) is 0 Å². The monoisotopic (exact) mass is 231 g/mol. The highest BCUT2D eigenvalue weighted by atomic mass is 14.8. The molecule has 0 amide bonds. The van der Waals surface area contributed by atoms with E-state index in [9.17, 15) is 0 Å². The van der Waals surface area contributed by atoms with Crippen molar-refractivity contribution >= 4 is 6.08 Å². The van der Waals surface area contributed by atoms with Gasteiger partial charge >= 0.3 is 0 Å². The largest absolute Gasteiger partial charge is 0.313 e. The van der Waals surface area contributed by atoms with E-state index in [0.717, 1.165) is 13.1 Å². The zero-order chi connectivity index (χ0) is 12.7. The highest BCUT2D eigenvalue weighted by molar-refractivity contribution is 5.54. The second-order valence-corrected chi connectivity index (χ2v) is 4.96. The fourth-order valence-corrected chi connectivity index (χ4v) is 1.71. The second kappa shape index (κ2) is 7.29. The Morgan fingerprint density at radius 3 is 2.41 bits per heavy atom.